The van der Waals surface area contributed by atoms with Crippen LogP contribution in [-0.4, -0.2) is 42.8 Å². The van der Waals surface area contributed by atoms with Gasteiger partial charge in [0.2, 0.25) is 0 Å². The largest absolute Gasteiger partial charge is 0.366 e. The van der Waals surface area contributed by atoms with Gasteiger partial charge in [-0.05, 0) is 36.8 Å². The normalized spacial score (nSPS) is 14.2. The van der Waals surface area contributed by atoms with Crippen LogP contribution in [0.25, 0.3) is 0 Å². The molecule has 0 aromatic heterocycles. The van der Waals surface area contributed by atoms with Gasteiger partial charge in [0, 0.05) is 38.2 Å². The van der Waals surface area contributed by atoms with Crippen molar-refractivity contribution in [1.29, 1.82) is 0 Å². The number of hydrogen-bond donors (Lipinski definition) is 0. The Morgan fingerprint density at radius 3 is 2.24 bits per heavy atom. The van der Waals surface area contributed by atoms with E-state index >= 15 is 0 Å². The molecule has 0 atom stereocenters. The monoisotopic (exact) mass is 424 g/mol. The zero-order chi connectivity index (χ0) is 21.1. The second-order valence-corrected chi connectivity index (χ2v) is 7.27. The maximum absolute atomic E-state index is 14.5. The Morgan fingerprint density at radius 1 is 0.966 bits per heavy atom. The lowest BCUT2D eigenvalue weighted by Crippen LogP contribution is -2.49. The molecule has 0 spiro atoms. The summed E-state index contributed by atoms with van der Waals surface area (Å²) in [5, 5.41) is -0.158. The summed E-state index contributed by atoms with van der Waals surface area (Å²) >= 11 is 5.88. The van der Waals surface area contributed by atoms with Gasteiger partial charge < -0.3 is 9.80 Å². The van der Waals surface area contributed by atoms with Crippen LogP contribution in [0.2, 0.25) is 5.02 Å². The minimum absolute atomic E-state index is 0.100. The summed E-state index contributed by atoms with van der Waals surface area (Å²) in [5.41, 5.74) is 0.592. The molecule has 1 aliphatic heterocycles. The van der Waals surface area contributed by atoms with Gasteiger partial charge in [0.25, 0.3) is 5.91 Å². The Kier molecular flexibility index (Phi) is 6.47. The molecule has 2 aromatic rings. The van der Waals surface area contributed by atoms with E-state index in [0.717, 1.165) is 12.1 Å². The molecule has 29 heavy (non-hydrogen) atoms. The number of anilines is 1. The van der Waals surface area contributed by atoms with Gasteiger partial charge in [-0.15, -0.1) is 0 Å². The van der Waals surface area contributed by atoms with E-state index in [2.05, 4.69) is 0 Å². The third-order valence-corrected chi connectivity index (χ3v) is 5.21. The molecule has 1 heterocycles. The number of amides is 1. The van der Waals surface area contributed by atoms with E-state index in [-0.39, 0.29) is 29.5 Å². The quantitative estimate of drug-likeness (QED) is 0.516. The molecular formula is C21H20ClF3N2O2. The standard InChI is InChI=1S/C21H20ClF3N2O2/c1-2-3-20(28)13-4-5-19(18(25)10-13)26-6-8-27(9-7-26)21(29)14-11-16(23)17(24)12-15(14)22/h4-5,10-12H,2-3,6-9H2,1H3. The molecular weight excluding hydrogens is 405 g/mol. The Morgan fingerprint density at radius 2 is 1.62 bits per heavy atom. The first-order valence-corrected chi connectivity index (χ1v) is 9.71. The summed E-state index contributed by atoms with van der Waals surface area (Å²) in [6, 6.07) is 5.98. The van der Waals surface area contributed by atoms with Crippen LogP contribution >= 0.6 is 11.6 Å². The molecule has 1 saturated heterocycles. The number of ketones is 1. The maximum Gasteiger partial charge on any atom is 0.255 e. The molecule has 0 saturated carbocycles. The lowest BCUT2D eigenvalue weighted by Gasteiger charge is -2.36. The van der Waals surface area contributed by atoms with Gasteiger partial charge >= 0.3 is 0 Å². The van der Waals surface area contributed by atoms with Gasteiger partial charge in [0.15, 0.2) is 17.4 Å². The van der Waals surface area contributed by atoms with Gasteiger partial charge in [-0.2, -0.15) is 0 Å². The summed E-state index contributed by atoms with van der Waals surface area (Å²) in [7, 11) is 0. The Labute approximate surface area is 171 Å². The van der Waals surface area contributed by atoms with Gasteiger partial charge in [0.1, 0.15) is 5.82 Å². The summed E-state index contributed by atoms with van der Waals surface area (Å²) < 4.78 is 41.2. The van der Waals surface area contributed by atoms with Gasteiger partial charge in [-0.1, -0.05) is 18.5 Å². The van der Waals surface area contributed by atoms with Crippen molar-refractivity contribution in [3.8, 4) is 0 Å². The highest BCUT2D eigenvalue weighted by atomic mass is 35.5. The molecule has 0 aliphatic carbocycles. The van der Waals surface area contributed by atoms with Crippen LogP contribution in [0.1, 0.15) is 40.5 Å². The van der Waals surface area contributed by atoms with Crippen molar-refractivity contribution in [1.82, 2.24) is 4.90 Å². The average Bonchev–Trinajstić information content (AvgIpc) is 2.70. The zero-order valence-electron chi connectivity index (χ0n) is 15.9. The fourth-order valence-electron chi connectivity index (χ4n) is 3.32. The molecule has 0 bridgehead atoms. The first-order valence-electron chi connectivity index (χ1n) is 9.33. The average molecular weight is 425 g/mol. The number of Topliss-reactive ketones (excluding diaryl/α,β-unsaturated/α-hetero) is 1. The van der Waals surface area contributed by atoms with Crippen molar-refractivity contribution in [3.05, 3.63) is 63.9 Å². The van der Waals surface area contributed by atoms with Crippen LogP contribution in [0.5, 0.6) is 0 Å². The van der Waals surface area contributed by atoms with Crippen LogP contribution in [0, 0.1) is 17.5 Å². The minimum atomic E-state index is -1.14. The van der Waals surface area contributed by atoms with Crippen LogP contribution in [-0.2, 0) is 0 Å². The van der Waals surface area contributed by atoms with Crippen molar-refractivity contribution in [2.75, 3.05) is 31.1 Å². The number of hydrogen-bond acceptors (Lipinski definition) is 3. The number of carbonyl (C=O) groups is 2. The van der Waals surface area contributed by atoms with E-state index in [1.165, 1.54) is 11.0 Å². The summed E-state index contributed by atoms with van der Waals surface area (Å²) in [6.45, 7) is 3.13. The van der Waals surface area contributed by atoms with Crippen LogP contribution in [0.4, 0.5) is 18.9 Å². The minimum Gasteiger partial charge on any atom is -0.366 e. The molecule has 1 aliphatic rings. The molecule has 0 radical (unpaired) electrons. The van der Waals surface area contributed by atoms with E-state index < -0.39 is 23.4 Å². The zero-order valence-corrected chi connectivity index (χ0v) is 16.6. The fourth-order valence-corrected chi connectivity index (χ4v) is 3.55. The van der Waals surface area contributed by atoms with Gasteiger partial charge in [-0.3, -0.25) is 9.59 Å². The SMILES string of the molecule is CCCC(=O)c1ccc(N2CCN(C(=O)c3cc(F)c(F)cc3Cl)CC2)c(F)c1. The maximum atomic E-state index is 14.5. The number of nitrogens with zero attached hydrogens (tertiary/aromatic N) is 2. The Hall–Kier alpha value is -2.54. The molecule has 0 unspecified atom stereocenters. The number of benzene rings is 2. The number of halogens is 4. The summed E-state index contributed by atoms with van der Waals surface area (Å²) in [6.07, 6.45) is 1.06. The fraction of sp³-hybridized carbons (Fsp3) is 0.333. The third kappa shape index (κ3) is 4.56. The molecule has 3 rings (SSSR count). The van der Waals surface area contributed by atoms with E-state index in [4.69, 9.17) is 11.6 Å². The van der Waals surface area contributed by atoms with E-state index in [1.807, 2.05) is 6.92 Å². The first kappa shape index (κ1) is 21.2. The molecule has 1 fully saturated rings. The molecule has 154 valence electrons. The molecule has 1 amide bonds. The highest BCUT2D eigenvalue weighted by Gasteiger charge is 2.26. The van der Waals surface area contributed by atoms with Crippen molar-refractivity contribution < 1.29 is 22.8 Å². The lowest BCUT2D eigenvalue weighted by molar-refractivity contribution is 0.0746. The highest BCUT2D eigenvalue weighted by Crippen LogP contribution is 2.25. The number of carbonyl (C=O) groups excluding carboxylic acids is 2. The number of piperazine rings is 1. The van der Waals surface area contributed by atoms with Crippen LogP contribution < -0.4 is 4.90 Å². The van der Waals surface area contributed by atoms with Gasteiger partial charge in [-0.25, -0.2) is 13.2 Å². The second-order valence-electron chi connectivity index (χ2n) is 6.86. The summed E-state index contributed by atoms with van der Waals surface area (Å²) in [4.78, 5) is 27.8. The first-order chi connectivity index (χ1) is 13.8. The third-order valence-electron chi connectivity index (χ3n) is 4.89. The Bertz CT molecular complexity index is 944. The van der Waals surface area contributed by atoms with Crippen molar-refractivity contribution in [3.63, 3.8) is 0 Å². The smallest absolute Gasteiger partial charge is 0.255 e. The van der Waals surface area contributed by atoms with Crippen LogP contribution in [0.3, 0.4) is 0 Å². The number of rotatable bonds is 5. The van der Waals surface area contributed by atoms with Crippen molar-refractivity contribution in [2.24, 2.45) is 0 Å². The summed E-state index contributed by atoms with van der Waals surface area (Å²) in [5.74, 6) is -3.36. The van der Waals surface area contributed by atoms with Crippen LogP contribution in [0.15, 0.2) is 30.3 Å². The highest BCUT2D eigenvalue weighted by molar-refractivity contribution is 6.33. The predicted molar refractivity (Wildman–Crippen MR) is 105 cm³/mol. The van der Waals surface area contributed by atoms with E-state index in [9.17, 15) is 22.8 Å². The van der Waals surface area contributed by atoms with E-state index in [0.29, 0.717) is 37.2 Å². The van der Waals surface area contributed by atoms with E-state index in [1.54, 1.807) is 17.0 Å². The molecule has 2 aromatic carbocycles. The topological polar surface area (TPSA) is 40.6 Å². The second kappa shape index (κ2) is 8.86. The van der Waals surface area contributed by atoms with Gasteiger partial charge in [0.05, 0.1) is 16.3 Å². The molecule has 0 N–H and O–H groups in total. The lowest BCUT2D eigenvalue weighted by atomic mass is 10.1. The molecule has 4 nitrogen and oxygen atoms in total. The molecule has 8 heteroatoms. The van der Waals surface area contributed by atoms with Crippen molar-refractivity contribution >= 4 is 29.0 Å². The van der Waals surface area contributed by atoms with Crippen molar-refractivity contribution in [2.45, 2.75) is 19.8 Å². The predicted octanol–water partition coefficient (Wildman–Crippen LogP) is 4.70. The Balaban J connectivity index is 1.68.